The van der Waals surface area contributed by atoms with Gasteiger partial charge in [-0.15, -0.1) is 0 Å². The van der Waals surface area contributed by atoms with Crippen LogP contribution in [0.4, 0.5) is 0 Å². The molecule has 0 spiro atoms. The van der Waals surface area contributed by atoms with Crippen LogP contribution in [0.2, 0.25) is 0 Å². The molecule has 2 rings (SSSR count). The number of hydrogen-bond acceptors (Lipinski definition) is 1. The molecule has 1 heteroatoms. The maximum atomic E-state index is 4.52. The fourth-order valence-corrected chi connectivity index (χ4v) is 2.15. The molecule has 0 amide bonds. The molecule has 2 aromatic rings. The first-order valence-corrected chi connectivity index (χ1v) is 7.12. The van der Waals surface area contributed by atoms with Crippen LogP contribution in [-0.2, 0) is 5.41 Å². The van der Waals surface area contributed by atoms with Crippen molar-refractivity contribution in [1.82, 2.24) is 4.98 Å². The monoisotopic (exact) mass is 265 g/mol. The molecule has 0 saturated carbocycles. The Morgan fingerprint density at radius 2 is 1.85 bits per heavy atom. The lowest BCUT2D eigenvalue weighted by Gasteiger charge is -2.19. The Bertz CT molecular complexity index is 630. The molecule has 0 unspecified atom stereocenters. The number of rotatable bonds is 2. The lowest BCUT2D eigenvalue weighted by Crippen LogP contribution is -2.10. The van der Waals surface area contributed by atoms with Gasteiger partial charge in [-0.3, -0.25) is 4.98 Å². The summed E-state index contributed by atoms with van der Waals surface area (Å²) >= 11 is 0. The van der Waals surface area contributed by atoms with Crippen LogP contribution in [0.1, 0.15) is 45.7 Å². The molecule has 1 heterocycles. The second kappa shape index (κ2) is 5.62. The van der Waals surface area contributed by atoms with Gasteiger partial charge in [0.15, 0.2) is 0 Å². The summed E-state index contributed by atoms with van der Waals surface area (Å²) in [5.41, 5.74) is 6.23. The third kappa shape index (κ3) is 3.16. The first kappa shape index (κ1) is 14.5. The van der Waals surface area contributed by atoms with Crippen LogP contribution in [-0.4, -0.2) is 4.98 Å². The molecule has 1 nitrogen and oxygen atoms in total. The molecular formula is C19H23N. The van der Waals surface area contributed by atoms with Gasteiger partial charge in [0.1, 0.15) is 0 Å². The van der Waals surface area contributed by atoms with Gasteiger partial charge in [-0.2, -0.15) is 0 Å². The summed E-state index contributed by atoms with van der Waals surface area (Å²) in [6, 6.07) is 12.9. The van der Waals surface area contributed by atoms with Crippen LogP contribution >= 0.6 is 0 Å². The molecule has 0 saturated heterocycles. The Balaban J connectivity index is 2.47. The van der Waals surface area contributed by atoms with Crippen LogP contribution in [0.3, 0.4) is 0 Å². The van der Waals surface area contributed by atoms with E-state index in [-0.39, 0.29) is 5.41 Å². The minimum atomic E-state index is 0.160. The van der Waals surface area contributed by atoms with E-state index in [0.717, 1.165) is 5.69 Å². The van der Waals surface area contributed by atoms with E-state index < -0.39 is 0 Å². The average Bonchev–Trinajstić information content (AvgIpc) is 2.46. The van der Waals surface area contributed by atoms with Crippen LogP contribution in [0, 0.1) is 0 Å². The highest BCUT2D eigenvalue weighted by molar-refractivity contribution is 5.69. The molecule has 1 aromatic heterocycles. The number of nitrogens with zero attached hydrogens (tertiary/aromatic N) is 1. The molecule has 0 fully saturated rings. The summed E-state index contributed by atoms with van der Waals surface area (Å²) in [6.07, 6.45) is 4.02. The Morgan fingerprint density at radius 3 is 2.50 bits per heavy atom. The molecule has 1 aromatic carbocycles. The lowest BCUT2D eigenvalue weighted by atomic mass is 9.86. The normalized spacial score (nSPS) is 12.6. The third-order valence-corrected chi connectivity index (χ3v) is 3.67. The maximum absolute atomic E-state index is 4.52. The standard InChI is InChI=1S/C19H23N/c1-6-14(2)15-10-11-20-18(13-15)16-8-7-9-17(12-16)19(3,4)5/h6-13H,1-5H3/b14-6+. The molecule has 0 aliphatic carbocycles. The van der Waals surface area contributed by atoms with E-state index >= 15 is 0 Å². The van der Waals surface area contributed by atoms with Crippen molar-refractivity contribution >= 4 is 5.57 Å². The smallest absolute Gasteiger partial charge is 0.0708 e. The van der Waals surface area contributed by atoms with E-state index in [0.29, 0.717) is 0 Å². The second-order valence-corrected chi connectivity index (χ2v) is 6.23. The topological polar surface area (TPSA) is 12.9 Å². The van der Waals surface area contributed by atoms with E-state index in [9.17, 15) is 0 Å². The van der Waals surface area contributed by atoms with Gasteiger partial charge in [-0.1, -0.05) is 45.0 Å². The summed E-state index contributed by atoms with van der Waals surface area (Å²) < 4.78 is 0. The maximum Gasteiger partial charge on any atom is 0.0708 e. The van der Waals surface area contributed by atoms with Crippen molar-refractivity contribution in [3.05, 3.63) is 59.8 Å². The molecule has 0 aliphatic rings. The summed E-state index contributed by atoms with van der Waals surface area (Å²) in [5.74, 6) is 0. The molecule has 0 bridgehead atoms. The highest BCUT2D eigenvalue weighted by atomic mass is 14.7. The fourth-order valence-electron chi connectivity index (χ4n) is 2.15. The van der Waals surface area contributed by atoms with Gasteiger partial charge in [-0.25, -0.2) is 0 Å². The molecule has 0 aliphatic heterocycles. The van der Waals surface area contributed by atoms with Crippen molar-refractivity contribution in [2.45, 2.75) is 40.0 Å². The molecular weight excluding hydrogens is 242 g/mol. The Morgan fingerprint density at radius 1 is 1.10 bits per heavy atom. The van der Waals surface area contributed by atoms with Crippen LogP contribution in [0.25, 0.3) is 16.8 Å². The second-order valence-electron chi connectivity index (χ2n) is 6.23. The first-order valence-electron chi connectivity index (χ1n) is 7.12. The van der Waals surface area contributed by atoms with Gasteiger partial charge in [-0.05, 0) is 54.2 Å². The highest BCUT2D eigenvalue weighted by Crippen LogP contribution is 2.27. The summed E-state index contributed by atoms with van der Waals surface area (Å²) in [6.45, 7) is 10.9. The number of benzene rings is 1. The quantitative estimate of drug-likeness (QED) is 0.701. The SMILES string of the molecule is C/C=C(\C)c1ccnc(-c2cccc(C(C)(C)C)c2)c1. The minimum Gasteiger partial charge on any atom is -0.256 e. The predicted molar refractivity (Wildman–Crippen MR) is 87.7 cm³/mol. The predicted octanol–water partition coefficient (Wildman–Crippen LogP) is 5.47. The Labute approximate surface area is 122 Å². The van der Waals surface area contributed by atoms with Gasteiger partial charge in [0.25, 0.3) is 0 Å². The van der Waals surface area contributed by atoms with Gasteiger partial charge in [0.05, 0.1) is 5.69 Å². The van der Waals surface area contributed by atoms with E-state index in [1.165, 1.54) is 22.3 Å². The summed E-state index contributed by atoms with van der Waals surface area (Å²) in [5, 5.41) is 0. The van der Waals surface area contributed by atoms with Crippen LogP contribution < -0.4 is 0 Å². The molecule has 0 atom stereocenters. The van der Waals surface area contributed by atoms with Crippen LogP contribution in [0.15, 0.2) is 48.7 Å². The third-order valence-electron chi connectivity index (χ3n) is 3.67. The highest BCUT2D eigenvalue weighted by Gasteiger charge is 2.14. The zero-order valence-corrected chi connectivity index (χ0v) is 13.1. The minimum absolute atomic E-state index is 0.160. The van der Waals surface area contributed by atoms with Crippen molar-refractivity contribution in [3.8, 4) is 11.3 Å². The van der Waals surface area contributed by atoms with Gasteiger partial charge in [0.2, 0.25) is 0 Å². The Hall–Kier alpha value is -1.89. The Kier molecular flexibility index (Phi) is 4.08. The molecule has 20 heavy (non-hydrogen) atoms. The number of aromatic nitrogens is 1. The van der Waals surface area contributed by atoms with Gasteiger partial charge >= 0.3 is 0 Å². The average molecular weight is 265 g/mol. The fraction of sp³-hybridized carbons (Fsp3) is 0.316. The lowest BCUT2D eigenvalue weighted by molar-refractivity contribution is 0.590. The number of hydrogen-bond donors (Lipinski definition) is 0. The largest absolute Gasteiger partial charge is 0.256 e. The molecule has 0 N–H and O–H groups in total. The first-order chi connectivity index (χ1) is 9.41. The molecule has 0 radical (unpaired) electrons. The van der Waals surface area contributed by atoms with E-state index in [1.54, 1.807) is 0 Å². The van der Waals surface area contributed by atoms with E-state index in [1.807, 2.05) is 6.20 Å². The van der Waals surface area contributed by atoms with Gasteiger partial charge in [0, 0.05) is 11.8 Å². The summed E-state index contributed by atoms with van der Waals surface area (Å²) in [7, 11) is 0. The zero-order chi connectivity index (χ0) is 14.8. The van der Waals surface area contributed by atoms with Gasteiger partial charge < -0.3 is 0 Å². The van der Waals surface area contributed by atoms with Crippen molar-refractivity contribution in [2.75, 3.05) is 0 Å². The zero-order valence-electron chi connectivity index (χ0n) is 13.1. The van der Waals surface area contributed by atoms with Crippen molar-refractivity contribution in [1.29, 1.82) is 0 Å². The van der Waals surface area contributed by atoms with E-state index in [4.69, 9.17) is 0 Å². The van der Waals surface area contributed by atoms with E-state index in [2.05, 4.69) is 82.1 Å². The van der Waals surface area contributed by atoms with Crippen molar-refractivity contribution in [2.24, 2.45) is 0 Å². The molecule has 104 valence electrons. The summed E-state index contributed by atoms with van der Waals surface area (Å²) in [4.78, 5) is 4.52. The van der Waals surface area contributed by atoms with Crippen LogP contribution in [0.5, 0.6) is 0 Å². The number of allylic oxidation sites excluding steroid dienone is 2. The number of pyridine rings is 1. The van der Waals surface area contributed by atoms with Crippen molar-refractivity contribution < 1.29 is 0 Å². The van der Waals surface area contributed by atoms with Crippen molar-refractivity contribution in [3.63, 3.8) is 0 Å².